The van der Waals surface area contributed by atoms with E-state index in [0.717, 1.165) is 30.0 Å². The molecule has 0 amide bonds. The Morgan fingerprint density at radius 3 is 2.95 bits per heavy atom. The minimum absolute atomic E-state index is 0.833. The van der Waals surface area contributed by atoms with Crippen LogP contribution in [0.1, 0.15) is 12.5 Å². The van der Waals surface area contributed by atoms with Crippen LogP contribution in [0, 0.1) is 0 Å². The van der Waals surface area contributed by atoms with E-state index in [9.17, 15) is 0 Å². The number of aromatic nitrogens is 3. The largest absolute Gasteiger partial charge is 0.381 e. The summed E-state index contributed by atoms with van der Waals surface area (Å²) >= 11 is 0. The molecule has 3 rings (SSSR count). The molecule has 2 heterocycles. The number of nitrogens with one attached hydrogen (secondary N) is 2. The van der Waals surface area contributed by atoms with Crippen LogP contribution in [0.25, 0.3) is 11.3 Å². The van der Waals surface area contributed by atoms with E-state index in [-0.39, 0.29) is 0 Å². The van der Waals surface area contributed by atoms with Crippen molar-refractivity contribution in [1.82, 2.24) is 14.8 Å². The van der Waals surface area contributed by atoms with Crippen molar-refractivity contribution in [3.63, 3.8) is 0 Å². The SMILES string of the molecule is CCn1ccc(CNc2cccc(-c3ccn[nH]3)c2)c1. The molecule has 0 aliphatic heterocycles. The van der Waals surface area contributed by atoms with E-state index in [1.807, 2.05) is 6.07 Å². The maximum absolute atomic E-state index is 3.99. The summed E-state index contributed by atoms with van der Waals surface area (Å²) < 4.78 is 2.18. The number of hydrogen-bond donors (Lipinski definition) is 2. The Labute approximate surface area is 118 Å². The second kappa shape index (κ2) is 5.65. The summed E-state index contributed by atoms with van der Waals surface area (Å²) in [4.78, 5) is 0. The highest BCUT2D eigenvalue weighted by atomic mass is 15.1. The number of nitrogens with zero attached hydrogens (tertiary/aromatic N) is 2. The summed E-state index contributed by atoms with van der Waals surface area (Å²) in [7, 11) is 0. The molecular formula is C16H18N4. The first-order valence-corrected chi connectivity index (χ1v) is 6.83. The van der Waals surface area contributed by atoms with E-state index in [2.05, 4.69) is 69.7 Å². The summed E-state index contributed by atoms with van der Waals surface area (Å²) in [6.45, 7) is 3.99. The molecular weight excluding hydrogens is 248 g/mol. The van der Waals surface area contributed by atoms with Crippen molar-refractivity contribution < 1.29 is 0 Å². The van der Waals surface area contributed by atoms with Gasteiger partial charge in [0.1, 0.15) is 0 Å². The molecule has 2 aromatic heterocycles. The second-order valence-corrected chi connectivity index (χ2v) is 4.75. The lowest BCUT2D eigenvalue weighted by Gasteiger charge is -2.07. The molecule has 20 heavy (non-hydrogen) atoms. The van der Waals surface area contributed by atoms with Crippen molar-refractivity contribution in [3.05, 3.63) is 60.6 Å². The van der Waals surface area contributed by atoms with Crippen LogP contribution in [-0.4, -0.2) is 14.8 Å². The third-order valence-corrected chi connectivity index (χ3v) is 3.35. The van der Waals surface area contributed by atoms with Crippen molar-refractivity contribution in [2.75, 3.05) is 5.32 Å². The Kier molecular flexibility index (Phi) is 3.54. The van der Waals surface area contributed by atoms with Crippen molar-refractivity contribution in [1.29, 1.82) is 0 Å². The first kappa shape index (κ1) is 12.5. The van der Waals surface area contributed by atoms with Gasteiger partial charge in [0.25, 0.3) is 0 Å². The van der Waals surface area contributed by atoms with Crippen molar-refractivity contribution in [2.24, 2.45) is 0 Å². The fourth-order valence-corrected chi connectivity index (χ4v) is 2.21. The van der Waals surface area contributed by atoms with Crippen LogP contribution in [0.3, 0.4) is 0 Å². The van der Waals surface area contributed by atoms with Gasteiger partial charge in [0.2, 0.25) is 0 Å². The molecule has 1 aromatic carbocycles. The van der Waals surface area contributed by atoms with E-state index < -0.39 is 0 Å². The van der Waals surface area contributed by atoms with Gasteiger partial charge in [-0.2, -0.15) is 5.10 Å². The number of anilines is 1. The van der Waals surface area contributed by atoms with Gasteiger partial charge in [-0.05, 0) is 36.8 Å². The zero-order chi connectivity index (χ0) is 13.8. The van der Waals surface area contributed by atoms with Gasteiger partial charge in [-0.25, -0.2) is 0 Å². The van der Waals surface area contributed by atoms with E-state index in [4.69, 9.17) is 0 Å². The Balaban J connectivity index is 1.70. The Bertz CT molecular complexity index is 667. The minimum atomic E-state index is 0.833. The van der Waals surface area contributed by atoms with Crippen LogP contribution in [0.2, 0.25) is 0 Å². The molecule has 0 spiro atoms. The first-order valence-electron chi connectivity index (χ1n) is 6.83. The molecule has 0 atom stereocenters. The third kappa shape index (κ3) is 2.74. The van der Waals surface area contributed by atoms with E-state index in [0.29, 0.717) is 0 Å². The molecule has 0 aliphatic carbocycles. The standard InChI is InChI=1S/C16H18N4/c1-2-20-9-7-13(12-20)11-17-15-5-3-4-14(10-15)16-6-8-18-19-16/h3-10,12,17H,2,11H2,1H3,(H,18,19). The van der Waals surface area contributed by atoms with Gasteiger partial charge in [0, 0.05) is 42.9 Å². The third-order valence-electron chi connectivity index (χ3n) is 3.35. The average molecular weight is 266 g/mol. The van der Waals surface area contributed by atoms with Crippen LogP contribution < -0.4 is 5.32 Å². The number of aryl methyl sites for hydroxylation is 1. The van der Waals surface area contributed by atoms with Crippen molar-refractivity contribution in [3.8, 4) is 11.3 Å². The molecule has 0 radical (unpaired) electrons. The fraction of sp³-hybridized carbons (Fsp3) is 0.188. The summed E-state index contributed by atoms with van der Waals surface area (Å²) in [6.07, 6.45) is 6.05. The van der Waals surface area contributed by atoms with Crippen molar-refractivity contribution >= 4 is 5.69 Å². The van der Waals surface area contributed by atoms with Crippen LogP contribution in [0.4, 0.5) is 5.69 Å². The first-order chi connectivity index (χ1) is 9.85. The zero-order valence-electron chi connectivity index (χ0n) is 11.5. The molecule has 3 aromatic rings. The number of H-pyrrole nitrogens is 1. The highest BCUT2D eigenvalue weighted by Gasteiger charge is 2.01. The Hall–Kier alpha value is -2.49. The van der Waals surface area contributed by atoms with Gasteiger partial charge in [0.05, 0.1) is 5.69 Å². The molecule has 0 bridgehead atoms. The minimum Gasteiger partial charge on any atom is -0.381 e. The topological polar surface area (TPSA) is 45.6 Å². The smallest absolute Gasteiger partial charge is 0.0650 e. The number of rotatable bonds is 5. The van der Waals surface area contributed by atoms with Gasteiger partial charge in [-0.15, -0.1) is 0 Å². The van der Waals surface area contributed by atoms with Crippen LogP contribution in [-0.2, 0) is 13.1 Å². The summed E-state index contributed by atoms with van der Waals surface area (Å²) in [5.41, 5.74) is 4.57. The molecule has 0 saturated heterocycles. The highest BCUT2D eigenvalue weighted by molar-refractivity contribution is 5.64. The summed E-state index contributed by atoms with van der Waals surface area (Å²) in [5.74, 6) is 0. The Morgan fingerprint density at radius 2 is 2.20 bits per heavy atom. The van der Waals surface area contributed by atoms with E-state index in [1.165, 1.54) is 5.56 Å². The summed E-state index contributed by atoms with van der Waals surface area (Å²) in [5, 5.41) is 10.4. The summed E-state index contributed by atoms with van der Waals surface area (Å²) in [6, 6.07) is 12.5. The molecule has 0 saturated carbocycles. The predicted octanol–water partition coefficient (Wildman–Crippen LogP) is 3.51. The van der Waals surface area contributed by atoms with Crippen LogP contribution >= 0.6 is 0 Å². The lowest BCUT2D eigenvalue weighted by molar-refractivity contribution is 0.766. The highest BCUT2D eigenvalue weighted by Crippen LogP contribution is 2.20. The molecule has 102 valence electrons. The monoisotopic (exact) mass is 266 g/mol. The Morgan fingerprint density at radius 1 is 1.25 bits per heavy atom. The second-order valence-electron chi connectivity index (χ2n) is 4.75. The molecule has 0 fully saturated rings. The molecule has 4 heteroatoms. The normalized spacial score (nSPS) is 10.7. The quantitative estimate of drug-likeness (QED) is 0.742. The fourth-order valence-electron chi connectivity index (χ4n) is 2.21. The maximum atomic E-state index is 3.99. The van der Waals surface area contributed by atoms with Gasteiger partial charge in [-0.1, -0.05) is 12.1 Å². The predicted molar refractivity (Wildman–Crippen MR) is 81.5 cm³/mol. The molecule has 4 nitrogen and oxygen atoms in total. The lowest BCUT2D eigenvalue weighted by atomic mass is 10.1. The van der Waals surface area contributed by atoms with Gasteiger partial charge in [0.15, 0.2) is 0 Å². The molecule has 0 unspecified atom stereocenters. The van der Waals surface area contributed by atoms with E-state index >= 15 is 0 Å². The van der Waals surface area contributed by atoms with Crippen molar-refractivity contribution in [2.45, 2.75) is 20.0 Å². The van der Waals surface area contributed by atoms with Gasteiger partial charge >= 0.3 is 0 Å². The van der Waals surface area contributed by atoms with Crippen LogP contribution in [0.15, 0.2) is 55.0 Å². The van der Waals surface area contributed by atoms with Crippen LogP contribution in [0.5, 0.6) is 0 Å². The molecule has 2 N–H and O–H groups in total. The van der Waals surface area contributed by atoms with Gasteiger partial charge < -0.3 is 9.88 Å². The number of hydrogen-bond acceptors (Lipinski definition) is 2. The van der Waals surface area contributed by atoms with Gasteiger partial charge in [-0.3, -0.25) is 5.10 Å². The lowest BCUT2D eigenvalue weighted by Crippen LogP contribution is -1.98. The average Bonchev–Trinajstić information content (AvgIpc) is 3.17. The molecule has 0 aliphatic rings. The maximum Gasteiger partial charge on any atom is 0.0650 e. The van der Waals surface area contributed by atoms with E-state index in [1.54, 1.807) is 6.20 Å². The number of aromatic amines is 1. The number of benzene rings is 1. The zero-order valence-corrected chi connectivity index (χ0v) is 11.5.